The molecule has 1 aromatic heterocycles. The predicted molar refractivity (Wildman–Crippen MR) is 129 cm³/mol. The zero-order valence-electron chi connectivity index (χ0n) is 18.5. The van der Waals surface area contributed by atoms with Gasteiger partial charge in [-0.15, -0.1) is 10.2 Å². The lowest BCUT2D eigenvalue weighted by molar-refractivity contribution is -0.112. The van der Waals surface area contributed by atoms with Crippen LogP contribution in [0.15, 0.2) is 48.0 Å². The summed E-state index contributed by atoms with van der Waals surface area (Å²) in [5, 5.41) is 22.0. The summed E-state index contributed by atoms with van der Waals surface area (Å²) < 4.78 is 11.3. The molecule has 0 radical (unpaired) electrons. The van der Waals surface area contributed by atoms with E-state index >= 15 is 0 Å². The SMILES string of the molecule is COc1cc(/C=C(/C#N)C(=O)Nc2nnc(CC(C)C)s2)ccc1OCc1ccccc1Cl. The molecule has 3 aromatic rings. The van der Waals surface area contributed by atoms with Crippen molar-refractivity contribution in [2.45, 2.75) is 26.9 Å². The Hall–Kier alpha value is -3.41. The van der Waals surface area contributed by atoms with Crippen LogP contribution in [0.3, 0.4) is 0 Å². The molecule has 0 spiro atoms. The van der Waals surface area contributed by atoms with Gasteiger partial charge in [0.2, 0.25) is 5.13 Å². The molecular weight excluding hydrogens is 460 g/mol. The zero-order valence-corrected chi connectivity index (χ0v) is 20.0. The van der Waals surface area contributed by atoms with Crippen LogP contribution in [0, 0.1) is 17.2 Å². The van der Waals surface area contributed by atoms with Gasteiger partial charge in [-0.1, -0.05) is 61.1 Å². The van der Waals surface area contributed by atoms with Gasteiger partial charge in [-0.25, -0.2) is 0 Å². The summed E-state index contributed by atoms with van der Waals surface area (Å²) in [6.45, 7) is 4.44. The van der Waals surface area contributed by atoms with Gasteiger partial charge in [-0.3, -0.25) is 10.1 Å². The van der Waals surface area contributed by atoms with E-state index in [4.69, 9.17) is 21.1 Å². The number of nitrogens with zero attached hydrogens (tertiary/aromatic N) is 3. The topological polar surface area (TPSA) is 97.1 Å². The second-order valence-corrected chi connectivity index (χ2v) is 8.98. The van der Waals surface area contributed by atoms with Crippen molar-refractivity contribution in [1.82, 2.24) is 10.2 Å². The Morgan fingerprint density at radius 1 is 1.24 bits per heavy atom. The summed E-state index contributed by atoms with van der Waals surface area (Å²) >= 11 is 7.48. The minimum absolute atomic E-state index is 0.0672. The van der Waals surface area contributed by atoms with Crippen LogP contribution < -0.4 is 14.8 Å². The van der Waals surface area contributed by atoms with E-state index < -0.39 is 5.91 Å². The van der Waals surface area contributed by atoms with E-state index in [0.29, 0.717) is 33.1 Å². The van der Waals surface area contributed by atoms with E-state index in [1.54, 1.807) is 24.3 Å². The molecule has 0 aliphatic heterocycles. The Labute approximate surface area is 201 Å². The largest absolute Gasteiger partial charge is 0.493 e. The molecule has 3 rings (SSSR count). The number of amides is 1. The highest BCUT2D eigenvalue weighted by Gasteiger charge is 2.14. The maximum absolute atomic E-state index is 12.6. The number of aromatic nitrogens is 2. The number of hydrogen-bond donors (Lipinski definition) is 1. The molecule has 2 aromatic carbocycles. The lowest BCUT2D eigenvalue weighted by Gasteiger charge is -2.12. The van der Waals surface area contributed by atoms with Crippen molar-refractivity contribution < 1.29 is 14.3 Å². The van der Waals surface area contributed by atoms with E-state index in [2.05, 4.69) is 29.4 Å². The van der Waals surface area contributed by atoms with Crippen molar-refractivity contribution in [3.8, 4) is 17.6 Å². The van der Waals surface area contributed by atoms with Crippen LogP contribution in [-0.2, 0) is 17.8 Å². The fraction of sp³-hybridized carbons (Fsp3) is 0.250. The van der Waals surface area contributed by atoms with Crippen molar-refractivity contribution in [3.05, 3.63) is 69.2 Å². The van der Waals surface area contributed by atoms with Gasteiger partial charge >= 0.3 is 0 Å². The lowest BCUT2D eigenvalue weighted by Crippen LogP contribution is -2.13. The van der Waals surface area contributed by atoms with E-state index in [0.717, 1.165) is 17.0 Å². The second kappa shape index (κ2) is 11.5. The Morgan fingerprint density at radius 2 is 2.03 bits per heavy atom. The molecule has 9 heteroatoms. The summed E-state index contributed by atoms with van der Waals surface area (Å²) in [4.78, 5) is 12.6. The predicted octanol–water partition coefficient (Wildman–Crippen LogP) is 5.52. The van der Waals surface area contributed by atoms with Crippen LogP contribution in [0.2, 0.25) is 5.02 Å². The molecule has 1 amide bonds. The fourth-order valence-electron chi connectivity index (χ4n) is 2.88. The highest BCUT2D eigenvalue weighted by molar-refractivity contribution is 7.15. The molecule has 0 aliphatic carbocycles. The highest BCUT2D eigenvalue weighted by atomic mass is 35.5. The number of nitrogens with one attached hydrogen (secondary N) is 1. The molecular formula is C24H23ClN4O3S. The van der Waals surface area contributed by atoms with Gasteiger partial charge in [0.1, 0.15) is 23.3 Å². The molecule has 7 nitrogen and oxygen atoms in total. The molecule has 1 N–H and O–H groups in total. The molecule has 0 atom stereocenters. The number of halogens is 1. The van der Waals surface area contributed by atoms with Crippen LogP contribution in [-0.4, -0.2) is 23.2 Å². The minimum atomic E-state index is -0.553. The molecule has 0 aliphatic rings. The number of carbonyl (C=O) groups excluding carboxylic acids is 1. The van der Waals surface area contributed by atoms with E-state index in [1.165, 1.54) is 24.5 Å². The first kappa shape index (κ1) is 24.2. The number of ether oxygens (including phenoxy) is 2. The Kier molecular flexibility index (Phi) is 8.41. The van der Waals surface area contributed by atoms with E-state index in [9.17, 15) is 10.1 Å². The smallest absolute Gasteiger partial charge is 0.268 e. The maximum Gasteiger partial charge on any atom is 0.268 e. The highest BCUT2D eigenvalue weighted by Crippen LogP contribution is 2.30. The fourth-order valence-corrected chi connectivity index (χ4v) is 4.02. The van der Waals surface area contributed by atoms with Crippen molar-refractivity contribution in [1.29, 1.82) is 5.26 Å². The Morgan fingerprint density at radius 3 is 2.73 bits per heavy atom. The summed E-state index contributed by atoms with van der Waals surface area (Å²) in [7, 11) is 1.52. The van der Waals surface area contributed by atoms with Crippen LogP contribution in [0.1, 0.15) is 30.0 Å². The third-order valence-electron chi connectivity index (χ3n) is 4.47. The quantitative estimate of drug-likeness (QED) is 0.318. The molecule has 0 unspecified atom stereocenters. The van der Waals surface area contributed by atoms with Gasteiger partial charge in [-0.05, 0) is 35.8 Å². The minimum Gasteiger partial charge on any atom is -0.493 e. The number of benzene rings is 2. The number of anilines is 1. The number of nitriles is 1. The van der Waals surface area contributed by atoms with Crippen molar-refractivity contribution in [3.63, 3.8) is 0 Å². The molecule has 0 bridgehead atoms. The van der Waals surface area contributed by atoms with E-state index in [1.807, 2.05) is 24.3 Å². The second-order valence-electron chi connectivity index (χ2n) is 7.51. The third kappa shape index (κ3) is 6.78. The van der Waals surface area contributed by atoms with Crippen LogP contribution >= 0.6 is 22.9 Å². The summed E-state index contributed by atoms with van der Waals surface area (Å²) in [6.07, 6.45) is 2.25. The number of rotatable bonds is 9. The number of carbonyl (C=O) groups is 1. The van der Waals surface area contributed by atoms with Gasteiger partial charge in [0, 0.05) is 17.0 Å². The normalized spacial score (nSPS) is 11.2. The summed E-state index contributed by atoms with van der Waals surface area (Å²) in [5.74, 6) is 0.866. The van der Waals surface area contributed by atoms with Crippen LogP contribution in [0.5, 0.6) is 11.5 Å². The maximum atomic E-state index is 12.6. The van der Waals surface area contributed by atoms with Gasteiger partial charge in [-0.2, -0.15) is 5.26 Å². The average molecular weight is 483 g/mol. The van der Waals surface area contributed by atoms with Gasteiger partial charge in [0.05, 0.1) is 7.11 Å². The molecule has 0 fully saturated rings. The standard InChI is InChI=1S/C24H23ClN4O3S/c1-15(2)10-22-28-29-24(33-22)27-23(30)18(13-26)11-16-8-9-20(21(12-16)31-3)32-14-17-6-4-5-7-19(17)25/h4-9,11-12,15H,10,14H2,1-3H3,(H,27,29,30)/b18-11-. The third-order valence-corrected chi connectivity index (χ3v) is 5.70. The van der Waals surface area contributed by atoms with Crippen LogP contribution in [0.25, 0.3) is 6.08 Å². The molecule has 0 saturated heterocycles. The summed E-state index contributed by atoms with van der Waals surface area (Å²) in [5.41, 5.74) is 1.39. The number of methoxy groups -OCH3 is 1. The van der Waals surface area contributed by atoms with Crippen molar-refractivity contribution >= 4 is 40.1 Å². The Bertz CT molecular complexity index is 1200. The van der Waals surface area contributed by atoms with Crippen LogP contribution in [0.4, 0.5) is 5.13 Å². The first-order valence-corrected chi connectivity index (χ1v) is 11.4. The first-order valence-electron chi connectivity index (χ1n) is 10.2. The zero-order chi connectivity index (χ0) is 23.8. The van der Waals surface area contributed by atoms with Gasteiger partial charge in [0.25, 0.3) is 5.91 Å². The molecule has 1 heterocycles. The van der Waals surface area contributed by atoms with Crippen molar-refractivity contribution in [2.75, 3.05) is 12.4 Å². The van der Waals surface area contributed by atoms with E-state index in [-0.39, 0.29) is 12.2 Å². The monoisotopic (exact) mass is 482 g/mol. The molecule has 33 heavy (non-hydrogen) atoms. The summed E-state index contributed by atoms with van der Waals surface area (Å²) in [6, 6.07) is 14.5. The van der Waals surface area contributed by atoms with Gasteiger partial charge in [0.15, 0.2) is 11.5 Å². The Balaban J connectivity index is 1.72. The number of hydrogen-bond acceptors (Lipinski definition) is 7. The molecule has 170 valence electrons. The molecule has 0 saturated carbocycles. The average Bonchev–Trinajstić information content (AvgIpc) is 3.22. The first-order chi connectivity index (χ1) is 15.9. The lowest BCUT2D eigenvalue weighted by atomic mass is 10.1. The van der Waals surface area contributed by atoms with Gasteiger partial charge < -0.3 is 9.47 Å². The van der Waals surface area contributed by atoms with Crippen molar-refractivity contribution in [2.24, 2.45) is 5.92 Å².